The van der Waals surface area contributed by atoms with Gasteiger partial charge in [0.05, 0.1) is 4.92 Å². The molecule has 0 bridgehead atoms. The summed E-state index contributed by atoms with van der Waals surface area (Å²) in [4.78, 5) is 14.6. The number of ether oxygens (including phenoxy) is 1. The number of hydrogen-bond acceptors (Lipinski definition) is 5. The van der Waals surface area contributed by atoms with E-state index >= 15 is 0 Å². The number of anilines is 1. The van der Waals surface area contributed by atoms with E-state index in [-0.39, 0.29) is 11.8 Å². The second-order valence-electron chi connectivity index (χ2n) is 7.25. The minimum absolute atomic E-state index is 0.114. The molecule has 2 heterocycles. The molecule has 2 aromatic carbocycles. The average Bonchev–Trinajstić information content (AvgIpc) is 3.15. The van der Waals surface area contributed by atoms with Gasteiger partial charge in [-0.3, -0.25) is 15.0 Å². The largest absolute Gasteiger partial charge is 0.457 e. The highest BCUT2D eigenvalue weighted by Crippen LogP contribution is 2.48. The molecule has 6 nitrogen and oxygen atoms in total. The maximum atomic E-state index is 14.1. The zero-order chi connectivity index (χ0) is 20.6. The minimum Gasteiger partial charge on any atom is -0.457 e. The Morgan fingerprint density at radius 2 is 1.83 bits per heavy atom. The van der Waals surface area contributed by atoms with E-state index in [1.807, 2.05) is 0 Å². The van der Waals surface area contributed by atoms with Gasteiger partial charge in [-0.1, -0.05) is 18.2 Å². The van der Waals surface area contributed by atoms with E-state index < -0.39 is 33.8 Å². The normalized spacial score (nSPS) is 19.8. The van der Waals surface area contributed by atoms with Crippen molar-refractivity contribution in [1.29, 1.82) is 0 Å². The fourth-order valence-electron chi connectivity index (χ4n) is 4.20. The molecule has 0 N–H and O–H groups in total. The van der Waals surface area contributed by atoms with Crippen molar-refractivity contribution in [3.05, 3.63) is 58.1 Å². The molecule has 0 radical (unpaired) electrons. The van der Waals surface area contributed by atoms with Gasteiger partial charge in [0.2, 0.25) is 0 Å². The number of benzene rings is 2. The van der Waals surface area contributed by atoms with Crippen LogP contribution in [0.5, 0.6) is 11.5 Å². The van der Waals surface area contributed by atoms with Crippen molar-refractivity contribution in [3.63, 3.8) is 0 Å². The van der Waals surface area contributed by atoms with E-state index in [4.69, 9.17) is 4.74 Å². The summed E-state index contributed by atoms with van der Waals surface area (Å²) in [7, 11) is 0. The fraction of sp³-hybridized carbons (Fsp3) is 0.400. The third kappa shape index (κ3) is 3.87. The van der Waals surface area contributed by atoms with E-state index in [1.54, 1.807) is 30.3 Å². The summed E-state index contributed by atoms with van der Waals surface area (Å²) in [6, 6.07) is 10.3. The molecule has 4 rings (SSSR count). The summed E-state index contributed by atoms with van der Waals surface area (Å²) in [6.45, 7) is 2.14. The molecule has 0 saturated carbocycles. The van der Waals surface area contributed by atoms with Gasteiger partial charge >= 0.3 is 6.18 Å². The topological polar surface area (TPSA) is 58.9 Å². The zero-order valence-corrected chi connectivity index (χ0v) is 15.6. The maximum Gasteiger partial charge on any atom is 0.422 e. The number of piperazine rings is 1. The number of nitro groups is 1. The lowest BCUT2D eigenvalue weighted by atomic mass is 10.0. The van der Waals surface area contributed by atoms with E-state index in [2.05, 4.69) is 4.90 Å². The van der Waals surface area contributed by atoms with Crippen LogP contribution in [0.25, 0.3) is 0 Å². The van der Waals surface area contributed by atoms with E-state index in [0.29, 0.717) is 19.6 Å². The number of nitro benzene ring substituents is 1. The molecule has 9 heteroatoms. The van der Waals surface area contributed by atoms with Crippen molar-refractivity contribution in [3.8, 4) is 11.5 Å². The lowest BCUT2D eigenvalue weighted by Crippen LogP contribution is -2.50. The van der Waals surface area contributed by atoms with E-state index in [1.165, 1.54) is 4.90 Å². The van der Waals surface area contributed by atoms with E-state index in [0.717, 1.165) is 31.5 Å². The molecule has 2 aliphatic rings. The lowest BCUT2D eigenvalue weighted by Gasteiger charge is -2.39. The summed E-state index contributed by atoms with van der Waals surface area (Å²) in [5, 5.41) is 11.6. The van der Waals surface area contributed by atoms with Gasteiger partial charge < -0.3 is 9.64 Å². The standard InChI is InChI=1S/C20H20F3N3O3/c21-20(22,23)18-17(29-15-6-2-1-3-7-15)9-8-16(26(27)28)19(18)25-12-11-24-10-4-5-14(24)13-25/h1-3,6-9,14H,4-5,10-13H2/t14-/m0/s1. The molecule has 2 fully saturated rings. The number of fused-ring (bicyclic) bond motifs is 1. The van der Waals surface area contributed by atoms with Gasteiger partial charge in [0.25, 0.3) is 5.69 Å². The molecule has 2 saturated heterocycles. The number of nitrogens with zero attached hydrogens (tertiary/aromatic N) is 3. The summed E-state index contributed by atoms with van der Waals surface area (Å²) < 4.78 is 47.9. The smallest absolute Gasteiger partial charge is 0.422 e. The van der Waals surface area contributed by atoms with Gasteiger partial charge in [-0.2, -0.15) is 13.2 Å². The Balaban J connectivity index is 1.82. The zero-order valence-electron chi connectivity index (χ0n) is 15.6. The van der Waals surface area contributed by atoms with Gasteiger partial charge in [0, 0.05) is 31.7 Å². The molecule has 0 spiro atoms. The first kappa shape index (κ1) is 19.5. The molecule has 2 aromatic rings. The summed E-state index contributed by atoms with van der Waals surface area (Å²) in [6.07, 6.45) is -2.94. The summed E-state index contributed by atoms with van der Waals surface area (Å²) in [5.41, 5.74) is -2.05. The van der Waals surface area contributed by atoms with Gasteiger partial charge in [0.1, 0.15) is 22.7 Å². The van der Waals surface area contributed by atoms with Gasteiger partial charge in [-0.25, -0.2) is 0 Å². The highest BCUT2D eigenvalue weighted by Gasteiger charge is 2.44. The van der Waals surface area contributed by atoms with Crippen molar-refractivity contribution in [1.82, 2.24) is 4.90 Å². The van der Waals surface area contributed by atoms with Crippen molar-refractivity contribution in [2.45, 2.75) is 25.1 Å². The predicted molar refractivity (Wildman–Crippen MR) is 101 cm³/mol. The molecule has 0 aromatic heterocycles. The van der Waals surface area contributed by atoms with Gasteiger partial charge in [0.15, 0.2) is 0 Å². The van der Waals surface area contributed by atoms with Crippen LogP contribution >= 0.6 is 0 Å². The Morgan fingerprint density at radius 3 is 2.52 bits per heavy atom. The third-order valence-corrected chi connectivity index (χ3v) is 5.47. The molecular formula is C20H20F3N3O3. The minimum atomic E-state index is -4.81. The second kappa shape index (κ2) is 7.55. The summed E-state index contributed by atoms with van der Waals surface area (Å²) in [5.74, 6) is -0.198. The molecule has 29 heavy (non-hydrogen) atoms. The fourth-order valence-corrected chi connectivity index (χ4v) is 4.20. The van der Waals surface area contributed by atoms with Crippen molar-refractivity contribution in [2.24, 2.45) is 0 Å². The molecule has 0 aliphatic carbocycles. The number of alkyl halides is 3. The molecule has 1 atom stereocenters. The quantitative estimate of drug-likeness (QED) is 0.544. The number of rotatable bonds is 4. The first-order chi connectivity index (χ1) is 13.8. The van der Waals surface area contributed by atoms with Crippen LogP contribution in [0.4, 0.5) is 24.5 Å². The maximum absolute atomic E-state index is 14.1. The first-order valence-electron chi connectivity index (χ1n) is 9.45. The van der Waals surface area contributed by atoms with Crippen LogP contribution in [0, 0.1) is 10.1 Å². The van der Waals surface area contributed by atoms with Crippen LogP contribution in [0.3, 0.4) is 0 Å². The first-order valence-corrected chi connectivity index (χ1v) is 9.45. The van der Waals surface area contributed by atoms with Crippen LogP contribution in [-0.2, 0) is 6.18 Å². The van der Waals surface area contributed by atoms with Crippen LogP contribution in [0.1, 0.15) is 18.4 Å². The van der Waals surface area contributed by atoms with Crippen LogP contribution < -0.4 is 9.64 Å². The second-order valence-corrected chi connectivity index (χ2v) is 7.25. The molecule has 0 amide bonds. The lowest BCUT2D eigenvalue weighted by molar-refractivity contribution is -0.384. The van der Waals surface area contributed by atoms with Crippen molar-refractivity contribution >= 4 is 11.4 Å². The Labute approximate surface area is 165 Å². The average molecular weight is 407 g/mol. The number of hydrogen-bond donors (Lipinski definition) is 0. The predicted octanol–water partition coefficient (Wildman–Crippen LogP) is 4.69. The van der Waals surface area contributed by atoms with Gasteiger partial charge in [-0.05, 0) is 37.6 Å². The molecule has 2 aliphatic heterocycles. The van der Waals surface area contributed by atoms with Gasteiger partial charge in [-0.15, -0.1) is 0 Å². The summed E-state index contributed by atoms with van der Waals surface area (Å²) >= 11 is 0. The highest BCUT2D eigenvalue weighted by molar-refractivity contribution is 5.73. The Bertz CT molecular complexity index is 905. The molecule has 154 valence electrons. The molecule has 0 unspecified atom stereocenters. The highest BCUT2D eigenvalue weighted by atomic mass is 19.4. The van der Waals surface area contributed by atoms with Crippen molar-refractivity contribution < 1.29 is 22.8 Å². The van der Waals surface area contributed by atoms with Crippen LogP contribution in [0.2, 0.25) is 0 Å². The van der Waals surface area contributed by atoms with Crippen molar-refractivity contribution in [2.75, 3.05) is 31.1 Å². The molecular weight excluding hydrogens is 387 g/mol. The number of halogens is 3. The number of para-hydroxylation sites is 1. The SMILES string of the molecule is O=[N+]([O-])c1ccc(Oc2ccccc2)c(C(F)(F)F)c1N1CCN2CCC[C@H]2C1. The van der Waals surface area contributed by atoms with Crippen LogP contribution in [0.15, 0.2) is 42.5 Å². The Kier molecular flexibility index (Phi) is 5.08. The Hall–Kier alpha value is -2.81. The Morgan fingerprint density at radius 1 is 1.07 bits per heavy atom. The van der Waals surface area contributed by atoms with Crippen LogP contribution in [-0.4, -0.2) is 42.0 Å². The van der Waals surface area contributed by atoms with E-state index in [9.17, 15) is 23.3 Å². The monoisotopic (exact) mass is 407 g/mol. The third-order valence-electron chi connectivity index (χ3n) is 5.47.